The molecule has 1 aromatic rings. The van der Waals surface area contributed by atoms with E-state index in [0.717, 1.165) is 12.8 Å². The molecular weight excluding hydrogens is 158 g/mol. The van der Waals surface area contributed by atoms with Crippen LogP contribution in [0, 0.1) is 18.3 Å². The van der Waals surface area contributed by atoms with Crippen molar-refractivity contribution in [3.8, 4) is 6.07 Å². The molecule has 0 amide bonds. The summed E-state index contributed by atoms with van der Waals surface area (Å²) in [5.41, 5.74) is 2.35. The van der Waals surface area contributed by atoms with Crippen molar-refractivity contribution in [2.45, 2.75) is 31.6 Å². The molecule has 1 heteroatoms. The fourth-order valence-electron chi connectivity index (χ4n) is 2.08. The highest BCUT2D eigenvalue weighted by atomic mass is 14.4. The second-order valence-electron chi connectivity index (χ2n) is 3.86. The first-order valence-electron chi connectivity index (χ1n) is 4.76. The Morgan fingerprint density at radius 1 is 1.31 bits per heavy atom. The number of hydrogen-bond donors (Lipinski definition) is 0. The van der Waals surface area contributed by atoms with Gasteiger partial charge in [-0.2, -0.15) is 5.26 Å². The number of rotatable bonds is 1. The van der Waals surface area contributed by atoms with Crippen LogP contribution < -0.4 is 0 Å². The number of nitrogens with zero attached hydrogens (tertiary/aromatic N) is 1. The highest BCUT2D eigenvalue weighted by molar-refractivity contribution is 5.40. The molecule has 1 aliphatic carbocycles. The second-order valence-corrected chi connectivity index (χ2v) is 3.86. The Hall–Kier alpha value is -1.29. The first-order chi connectivity index (χ1) is 6.28. The summed E-state index contributed by atoms with van der Waals surface area (Å²) in [6, 6.07) is 10.7. The molecule has 0 aliphatic heterocycles. The van der Waals surface area contributed by atoms with Crippen LogP contribution in [-0.4, -0.2) is 0 Å². The smallest absolute Gasteiger partial charge is 0.0825 e. The van der Waals surface area contributed by atoms with Crippen molar-refractivity contribution in [1.29, 1.82) is 5.26 Å². The monoisotopic (exact) mass is 171 g/mol. The van der Waals surface area contributed by atoms with Crippen molar-refractivity contribution in [1.82, 2.24) is 0 Å². The van der Waals surface area contributed by atoms with Gasteiger partial charge in [0.15, 0.2) is 0 Å². The molecule has 13 heavy (non-hydrogen) atoms. The molecule has 0 heterocycles. The van der Waals surface area contributed by atoms with Crippen LogP contribution in [-0.2, 0) is 5.41 Å². The standard InChI is InChI=1S/C12H13N/c1-10-5-2-3-6-11(10)12(9-13)7-4-8-12/h2-3,5-6H,4,7-8H2,1H3. The molecule has 66 valence electrons. The SMILES string of the molecule is Cc1ccccc1C1(C#N)CCC1. The Morgan fingerprint density at radius 3 is 2.46 bits per heavy atom. The molecule has 0 radical (unpaired) electrons. The molecule has 0 unspecified atom stereocenters. The average molecular weight is 171 g/mol. The minimum Gasteiger partial charge on any atom is -0.197 e. The summed E-state index contributed by atoms with van der Waals surface area (Å²) in [5, 5.41) is 9.16. The highest BCUT2D eigenvalue weighted by Crippen LogP contribution is 2.44. The lowest BCUT2D eigenvalue weighted by molar-refractivity contribution is 0.323. The lowest BCUT2D eigenvalue weighted by Crippen LogP contribution is -2.32. The van der Waals surface area contributed by atoms with E-state index < -0.39 is 0 Å². The summed E-state index contributed by atoms with van der Waals surface area (Å²) in [5.74, 6) is 0. The van der Waals surface area contributed by atoms with Crippen LogP contribution in [0.1, 0.15) is 30.4 Å². The van der Waals surface area contributed by atoms with Crippen LogP contribution in [0.15, 0.2) is 24.3 Å². The van der Waals surface area contributed by atoms with Crippen LogP contribution in [0.2, 0.25) is 0 Å². The topological polar surface area (TPSA) is 23.8 Å². The molecule has 0 atom stereocenters. The van der Waals surface area contributed by atoms with Crippen LogP contribution in [0.25, 0.3) is 0 Å². The van der Waals surface area contributed by atoms with Gasteiger partial charge in [0.25, 0.3) is 0 Å². The highest BCUT2D eigenvalue weighted by Gasteiger charge is 2.39. The maximum atomic E-state index is 9.16. The third-order valence-corrected chi connectivity index (χ3v) is 3.08. The molecule has 0 N–H and O–H groups in total. The van der Waals surface area contributed by atoms with Crippen molar-refractivity contribution in [2.75, 3.05) is 0 Å². The van der Waals surface area contributed by atoms with Gasteiger partial charge in [0.2, 0.25) is 0 Å². The summed E-state index contributed by atoms with van der Waals surface area (Å²) in [6.07, 6.45) is 3.27. The van der Waals surface area contributed by atoms with Crippen LogP contribution >= 0.6 is 0 Å². The molecule has 0 spiro atoms. The molecule has 1 aliphatic rings. The molecular formula is C12H13N. The zero-order valence-electron chi connectivity index (χ0n) is 7.88. The van der Waals surface area contributed by atoms with Gasteiger partial charge >= 0.3 is 0 Å². The van der Waals surface area contributed by atoms with Gasteiger partial charge < -0.3 is 0 Å². The molecule has 1 aromatic carbocycles. The predicted molar refractivity (Wildman–Crippen MR) is 52.3 cm³/mol. The van der Waals surface area contributed by atoms with Gasteiger partial charge in [0, 0.05) is 0 Å². The largest absolute Gasteiger partial charge is 0.197 e. The third-order valence-electron chi connectivity index (χ3n) is 3.08. The minimum absolute atomic E-state index is 0.147. The Labute approximate surface area is 79.0 Å². The van der Waals surface area contributed by atoms with Gasteiger partial charge in [0.05, 0.1) is 11.5 Å². The van der Waals surface area contributed by atoms with E-state index >= 15 is 0 Å². The Kier molecular flexibility index (Phi) is 1.84. The lowest BCUT2D eigenvalue weighted by Gasteiger charge is -2.36. The van der Waals surface area contributed by atoms with Gasteiger partial charge in [-0.1, -0.05) is 24.3 Å². The number of aryl methyl sites for hydroxylation is 1. The van der Waals surface area contributed by atoms with Gasteiger partial charge in [0.1, 0.15) is 0 Å². The maximum Gasteiger partial charge on any atom is 0.0825 e. The van der Waals surface area contributed by atoms with Crippen molar-refractivity contribution in [3.63, 3.8) is 0 Å². The first-order valence-corrected chi connectivity index (χ1v) is 4.76. The van der Waals surface area contributed by atoms with E-state index in [9.17, 15) is 0 Å². The summed E-state index contributed by atoms with van der Waals surface area (Å²) in [6.45, 7) is 2.09. The molecule has 1 nitrogen and oxygen atoms in total. The van der Waals surface area contributed by atoms with Crippen LogP contribution in [0.4, 0.5) is 0 Å². The number of hydrogen-bond acceptors (Lipinski definition) is 1. The number of benzene rings is 1. The predicted octanol–water partition coefficient (Wildman–Crippen LogP) is 2.94. The average Bonchev–Trinajstić information content (AvgIpc) is 2.07. The van der Waals surface area contributed by atoms with Crippen molar-refractivity contribution in [2.24, 2.45) is 0 Å². The Balaban J connectivity index is 2.46. The van der Waals surface area contributed by atoms with Gasteiger partial charge in [-0.25, -0.2) is 0 Å². The first kappa shape index (κ1) is 8.31. The zero-order valence-corrected chi connectivity index (χ0v) is 7.88. The van der Waals surface area contributed by atoms with E-state index in [4.69, 9.17) is 5.26 Å². The Morgan fingerprint density at radius 2 is 2.00 bits per heavy atom. The Bertz CT molecular complexity index is 356. The number of nitriles is 1. The molecule has 2 rings (SSSR count). The van der Waals surface area contributed by atoms with Gasteiger partial charge in [-0.15, -0.1) is 0 Å². The molecule has 1 saturated carbocycles. The molecule has 1 fully saturated rings. The quantitative estimate of drug-likeness (QED) is 0.637. The fourth-order valence-corrected chi connectivity index (χ4v) is 2.08. The van der Waals surface area contributed by atoms with Crippen molar-refractivity contribution in [3.05, 3.63) is 35.4 Å². The zero-order chi connectivity index (χ0) is 9.31. The fraction of sp³-hybridized carbons (Fsp3) is 0.417. The maximum absolute atomic E-state index is 9.16. The van der Waals surface area contributed by atoms with E-state index in [1.807, 2.05) is 12.1 Å². The second kappa shape index (κ2) is 2.88. The van der Waals surface area contributed by atoms with Gasteiger partial charge in [-0.3, -0.25) is 0 Å². The van der Waals surface area contributed by atoms with Gasteiger partial charge in [-0.05, 0) is 37.3 Å². The molecule has 0 bridgehead atoms. The van der Waals surface area contributed by atoms with E-state index in [1.54, 1.807) is 0 Å². The minimum atomic E-state index is -0.147. The summed E-state index contributed by atoms with van der Waals surface area (Å²) < 4.78 is 0. The summed E-state index contributed by atoms with van der Waals surface area (Å²) >= 11 is 0. The third kappa shape index (κ3) is 1.14. The van der Waals surface area contributed by atoms with Crippen molar-refractivity contribution >= 4 is 0 Å². The lowest BCUT2D eigenvalue weighted by atomic mass is 9.64. The summed E-state index contributed by atoms with van der Waals surface area (Å²) in [7, 11) is 0. The van der Waals surface area contributed by atoms with Crippen LogP contribution in [0.3, 0.4) is 0 Å². The van der Waals surface area contributed by atoms with E-state index in [-0.39, 0.29) is 5.41 Å². The normalized spacial score (nSPS) is 18.8. The summed E-state index contributed by atoms with van der Waals surface area (Å²) in [4.78, 5) is 0. The van der Waals surface area contributed by atoms with Crippen LogP contribution in [0.5, 0.6) is 0 Å². The van der Waals surface area contributed by atoms with E-state index in [2.05, 4.69) is 25.1 Å². The van der Waals surface area contributed by atoms with E-state index in [0.29, 0.717) is 0 Å². The molecule has 0 aromatic heterocycles. The van der Waals surface area contributed by atoms with Crippen molar-refractivity contribution < 1.29 is 0 Å². The molecule has 0 saturated heterocycles. The van der Waals surface area contributed by atoms with E-state index in [1.165, 1.54) is 17.5 Å².